The highest BCUT2D eigenvalue weighted by molar-refractivity contribution is 7.09. The highest BCUT2D eigenvalue weighted by Crippen LogP contribution is 2.26. The van der Waals surface area contributed by atoms with Gasteiger partial charge in [-0.15, -0.1) is 11.3 Å². The molecule has 4 aromatic rings. The van der Waals surface area contributed by atoms with Crippen LogP contribution in [0.25, 0.3) is 17.2 Å². The number of nitrogens with zero attached hydrogens (tertiary/aromatic N) is 6. The molecular weight excluding hydrogens is 439 g/mol. The Balaban J connectivity index is 1.70. The Labute approximate surface area is 196 Å². The molecule has 0 fully saturated rings. The van der Waals surface area contributed by atoms with Gasteiger partial charge in [-0.3, -0.25) is 4.79 Å². The molecule has 0 aliphatic rings. The normalized spacial score (nSPS) is 11.2. The molecule has 0 aliphatic heterocycles. The number of hydrogen-bond donors (Lipinski definition) is 0. The molecule has 0 spiro atoms. The van der Waals surface area contributed by atoms with Crippen molar-refractivity contribution in [2.45, 2.75) is 40.2 Å². The van der Waals surface area contributed by atoms with Crippen molar-refractivity contribution in [1.82, 2.24) is 29.6 Å². The van der Waals surface area contributed by atoms with Gasteiger partial charge in [0.15, 0.2) is 0 Å². The second-order valence-corrected chi connectivity index (χ2v) is 9.30. The van der Waals surface area contributed by atoms with Gasteiger partial charge in [-0.05, 0) is 49.6 Å². The van der Waals surface area contributed by atoms with E-state index < -0.39 is 0 Å². The SMILES string of the molecule is Cc1nc(CN(C)C(=O)c2cnn(-c3ncc(C)c(-c4ccc(F)cc4)n3)c2C(C)C)cs1. The lowest BCUT2D eigenvalue weighted by Crippen LogP contribution is -2.27. The maximum atomic E-state index is 13.4. The first-order chi connectivity index (χ1) is 15.7. The molecule has 3 aromatic heterocycles. The number of aryl methyl sites for hydroxylation is 2. The third-order valence-corrected chi connectivity index (χ3v) is 6.08. The summed E-state index contributed by atoms with van der Waals surface area (Å²) < 4.78 is 15.0. The predicted molar refractivity (Wildman–Crippen MR) is 126 cm³/mol. The second-order valence-electron chi connectivity index (χ2n) is 8.24. The van der Waals surface area contributed by atoms with Crippen LogP contribution in [0.2, 0.25) is 0 Å². The van der Waals surface area contributed by atoms with E-state index in [1.807, 2.05) is 33.1 Å². The monoisotopic (exact) mass is 464 g/mol. The molecule has 0 aliphatic carbocycles. The zero-order valence-electron chi connectivity index (χ0n) is 19.2. The Morgan fingerprint density at radius 3 is 2.52 bits per heavy atom. The standard InChI is InChI=1S/C24H25FN6OS/c1-14(2)22-20(23(32)30(5)12-19-13-33-16(4)28-19)11-27-31(22)24-26-10-15(3)21(29-24)17-6-8-18(25)9-7-17/h6-11,13-14H,12H2,1-5H3. The minimum absolute atomic E-state index is 0.000501. The zero-order chi connectivity index (χ0) is 23.7. The summed E-state index contributed by atoms with van der Waals surface area (Å²) >= 11 is 1.56. The van der Waals surface area contributed by atoms with Gasteiger partial charge in [0.05, 0.1) is 40.4 Å². The van der Waals surface area contributed by atoms with E-state index in [0.717, 1.165) is 27.5 Å². The van der Waals surface area contributed by atoms with E-state index in [0.29, 0.717) is 23.8 Å². The van der Waals surface area contributed by atoms with E-state index in [4.69, 9.17) is 4.98 Å². The summed E-state index contributed by atoms with van der Waals surface area (Å²) in [5, 5.41) is 7.40. The highest BCUT2D eigenvalue weighted by Gasteiger charge is 2.25. The fraction of sp³-hybridized carbons (Fsp3) is 0.292. The van der Waals surface area contributed by atoms with Crippen LogP contribution in [0.5, 0.6) is 0 Å². The third-order valence-electron chi connectivity index (χ3n) is 5.26. The van der Waals surface area contributed by atoms with Gasteiger partial charge in [-0.2, -0.15) is 5.10 Å². The number of aromatic nitrogens is 5. The molecule has 170 valence electrons. The van der Waals surface area contributed by atoms with Crippen LogP contribution in [0.1, 0.15) is 52.1 Å². The van der Waals surface area contributed by atoms with Gasteiger partial charge in [0, 0.05) is 24.2 Å². The minimum Gasteiger partial charge on any atom is -0.336 e. The number of thiazole rings is 1. The number of halogens is 1. The molecule has 0 radical (unpaired) electrons. The molecule has 0 atom stereocenters. The van der Waals surface area contributed by atoms with Crippen LogP contribution < -0.4 is 0 Å². The van der Waals surface area contributed by atoms with Gasteiger partial charge in [0.1, 0.15) is 5.82 Å². The number of hydrogen-bond acceptors (Lipinski definition) is 6. The van der Waals surface area contributed by atoms with Crippen molar-refractivity contribution in [3.63, 3.8) is 0 Å². The van der Waals surface area contributed by atoms with Gasteiger partial charge < -0.3 is 4.90 Å². The summed E-state index contributed by atoms with van der Waals surface area (Å²) in [4.78, 5) is 28.5. The number of amides is 1. The summed E-state index contributed by atoms with van der Waals surface area (Å²) in [6.45, 7) is 8.27. The Bertz CT molecular complexity index is 1290. The van der Waals surface area contributed by atoms with E-state index >= 15 is 0 Å². The Morgan fingerprint density at radius 1 is 1.15 bits per heavy atom. The fourth-order valence-electron chi connectivity index (χ4n) is 3.67. The molecule has 1 amide bonds. The Hall–Kier alpha value is -3.46. The average molecular weight is 465 g/mol. The van der Waals surface area contributed by atoms with Crippen LogP contribution >= 0.6 is 11.3 Å². The summed E-state index contributed by atoms with van der Waals surface area (Å²) in [6, 6.07) is 6.18. The van der Waals surface area contributed by atoms with Gasteiger partial charge in [0.25, 0.3) is 11.9 Å². The maximum Gasteiger partial charge on any atom is 0.257 e. The summed E-state index contributed by atoms with van der Waals surface area (Å²) in [5.41, 5.74) is 4.43. The first-order valence-electron chi connectivity index (χ1n) is 10.6. The number of carbonyl (C=O) groups is 1. The van der Waals surface area contributed by atoms with Crippen LogP contribution in [0.15, 0.2) is 42.0 Å². The number of carbonyl (C=O) groups excluding carboxylic acids is 1. The predicted octanol–water partition coefficient (Wildman–Crippen LogP) is 4.94. The zero-order valence-corrected chi connectivity index (χ0v) is 20.0. The van der Waals surface area contributed by atoms with E-state index in [-0.39, 0.29) is 17.6 Å². The molecule has 0 N–H and O–H groups in total. The summed E-state index contributed by atoms with van der Waals surface area (Å²) in [7, 11) is 1.76. The minimum atomic E-state index is -0.306. The van der Waals surface area contributed by atoms with Crippen molar-refractivity contribution in [3.8, 4) is 17.2 Å². The maximum absolute atomic E-state index is 13.4. The molecule has 0 unspecified atom stereocenters. The second kappa shape index (κ2) is 9.19. The molecule has 0 saturated carbocycles. The van der Waals surface area contributed by atoms with Crippen molar-refractivity contribution in [2.75, 3.05) is 7.05 Å². The van der Waals surface area contributed by atoms with Gasteiger partial charge in [0.2, 0.25) is 0 Å². The summed E-state index contributed by atoms with van der Waals surface area (Å²) in [5.74, 6) is -0.0811. The van der Waals surface area contributed by atoms with E-state index in [2.05, 4.69) is 15.1 Å². The quantitative estimate of drug-likeness (QED) is 0.404. The largest absolute Gasteiger partial charge is 0.336 e. The lowest BCUT2D eigenvalue weighted by Gasteiger charge is -2.18. The molecule has 33 heavy (non-hydrogen) atoms. The van der Waals surface area contributed by atoms with Gasteiger partial charge >= 0.3 is 0 Å². The van der Waals surface area contributed by atoms with Crippen LogP contribution in [0.4, 0.5) is 4.39 Å². The molecular formula is C24H25FN6OS. The number of benzene rings is 1. The third kappa shape index (κ3) is 4.68. The number of rotatable bonds is 6. The average Bonchev–Trinajstić information content (AvgIpc) is 3.40. The molecule has 0 saturated heterocycles. The van der Waals surface area contributed by atoms with Crippen LogP contribution in [-0.4, -0.2) is 42.6 Å². The molecule has 0 bridgehead atoms. The van der Waals surface area contributed by atoms with Crippen molar-refractivity contribution in [3.05, 3.63) is 75.4 Å². The van der Waals surface area contributed by atoms with Crippen LogP contribution in [0, 0.1) is 19.7 Å². The topological polar surface area (TPSA) is 76.8 Å². The van der Waals surface area contributed by atoms with E-state index in [1.165, 1.54) is 12.1 Å². The Morgan fingerprint density at radius 2 is 1.88 bits per heavy atom. The first-order valence-corrected chi connectivity index (χ1v) is 11.5. The van der Waals surface area contributed by atoms with Crippen molar-refractivity contribution < 1.29 is 9.18 Å². The lowest BCUT2D eigenvalue weighted by atomic mass is 10.0. The highest BCUT2D eigenvalue weighted by atomic mass is 32.1. The van der Waals surface area contributed by atoms with Gasteiger partial charge in [-0.1, -0.05) is 13.8 Å². The van der Waals surface area contributed by atoms with Crippen molar-refractivity contribution in [2.24, 2.45) is 0 Å². The van der Waals surface area contributed by atoms with Crippen LogP contribution in [-0.2, 0) is 6.54 Å². The molecule has 7 nitrogen and oxygen atoms in total. The fourth-order valence-corrected chi connectivity index (χ4v) is 4.28. The first kappa shape index (κ1) is 22.7. The molecule has 1 aromatic carbocycles. The smallest absolute Gasteiger partial charge is 0.257 e. The van der Waals surface area contributed by atoms with Crippen LogP contribution in [0.3, 0.4) is 0 Å². The molecule has 3 heterocycles. The van der Waals surface area contributed by atoms with E-state index in [9.17, 15) is 9.18 Å². The lowest BCUT2D eigenvalue weighted by molar-refractivity contribution is 0.0782. The van der Waals surface area contributed by atoms with Crippen molar-refractivity contribution >= 4 is 17.2 Å². The summed E-state index contributed by atoms with van der Waals surface area (Å²) in [6.07, 6.45) is 3.28. The molecule has 9 heteroatoms. The Kier molecular flexibility index (Phi) is 6.33. The van der Waals surface area contributed by atoms with Gasteiger partial charge in [-0.25, -0.2) is 24.0 Å². The van der Waals surface area contributed by atoms with Crippen molar-refractivity contribution in [1.29, 1.82) is 0 Å². The molecule has 4 rings (SSSR count). The van der Waals surface area contributed by atoms with E-state index in [1.54, 1.807) is 52.5 Å².